The molecule has 2 aromatic carbocycles. The van der Waals surface area contributed by atoms with Crippen LogP contribution in [0.4, 0.5) is 14.5 Å². The van der Waals surface area contributed by atoms with Crippen molar-refractivity contribution in [3.63, 3.8) is 0 Å². The lowest BCUT2D eigenvalue weighted by Gasteiger charge is -2.08. The van der Waals surface area contributed by atoms with Crippen LogP contribution in [0.1, 0.15) is 26.4 Å². The highest BCUT2D eigenvalue weighted by Gasteiger charge is 2.12. The van der Waals surface area contributed by atoms with E-state index < -0.39 is 17.6 Å². The Kier molecular flexibility index (Phi) is 6.06. The molecule has 0 aliphatic heterocycles. The first-order valence-corrected chi connectivity index (χ1v) is 8.57. The molecule has 3 aromatic rings. The van der Waals surface area contributed by atoms with E-state index >= 15 is 0 Å². The molecule has 0 aliphatic rings. The molecule has 142 valence electrons. The van der Waals surface area contributed by atoms with Gasteiger partial charge in [-0.3, -0.25) is 14.6 Å². The fraction of sp³-hybridized carbons (Fsp3) is 0.0952. The van der Waals surface area contributed by atoms with Crippen LogP contribution >= 0.6 is 0 Å². The van der Waals surface area contributed by atoms with Gasteiger partial charge in [0, 0.05) is 24.0 Å². The lowest BCUT2D eigenvalue weighted by molar-refractivity contribution is 0.0949. The van der Waals surface area contributed by atoms with Gasteiger partial charge < -0.3 is 10.6 Å². The van der Waals surface area contributed by atoms with Crippen LogP contribution < -0.4 is 10.6 Å². The van der Waals surface area contributed by atoms with Crippen LogP contribution in [0.2, 0.25) is 0 Å². The zero-order valence-corrected chi connectivity index (χ0v) is 14.8. The van der Waals surface area contributed by atoms with Crippen LogP contribution in [0.15, 0.2) is 66.9 Å². The largest absolute Gasteiger partial charge is 0.350 e. The number of hydrogen-bond acceptors (Lipinski definition) is 3. The quantitative estimate of drug-likeness (QED) is 0.686. The van der Waals surface area contributed by atoms with Crippen LogP contribution in [0.25, 0.3) is 0 Å². The minimum atomic E-state index is -0.436. The predicted octanol–water partition coefficient (Wildman–Crippen LogP) is 3.58. The van der Waals surface area contributed by atoms with Crippen molar-refractivity contribution in [2.24, 2.45) is 0 Å². The van der Waals surface area contributed by atoms with Crippen LogP contribution in [0.5, 0.6) is 0 Å². The van der Waals surface area contributed by atoms with E-state index in [1.54, 1.807) is 12.1 Å². The van der Waals surface area contributed by atoms with Crippen molar-refractivity contribution < 1.29 is 18.4 Å². The molecule has 1 aromatic heterocycles. The summed E-state index contributed by atoms with van der Waals surface area (Å²) in [4.78, 5) is 28.5. The molecular weight excluding hydrogens is 364 g/mol. The van der Waals surface area contributed by atoms with Gasteiger partial charge in [0.2, 0.25) is 0 Å². The number of rotatable bonds is 6. The van der Waals surface area contributed by atoms with Crippen LogP contribution in [-0.2, 0) is 6.42 Å². The second-order valence-corrected chi connectivity index (χ2v) is 6.02. The summed E-state index contributed by atoms with van der Waals surface area (Å²) in [7, 11) is 0. The van der Waals surface area contributed by atoms with Crippen molar-refractivity contribution in [2.45, 2.75) is 6.42 Å². The lowest BCUT2D eigenvalue weighted by Crippen LogP contribution is -2.27. The molecule has 5 nitrogen and oxygen atoms in total. The molecule has 28 heavy (non-hydrogen) atoms. The van der Waals surface area contributed by atoms with E-state index in [-0.39, 0.29) is 17.1 Å². The lowest BCUT2D eigenvalue weighted by atomic mass is 10.1. The molecule has 0 radical (unpaired) electrons. The fourth-order valence-corrected chi connectivity index (χ4v) is 2.49. The van der Waals surface area contributed by atoms with E-state index in [1.807, 2.05) is 0 Å². The van der Waals surface area contributed by atoms with Gasteiger partial charge in [0.1, 0.15) is 17.3 Å². The minimum absolute atomic E-state index is 0.103. The molecule has 7 heteroatoms. The highest BCUT2D eigenvalue weighted by atomic mass is 19.1. The number of carbonyl (C=O) groups excluding carboxylic acids is 2. The predicted molar refractivity (Wildman–Crippen MR) is 101 cm³/mol. The van der Waals surface area contributed by atoms with E-state index in [2.05, 4.69) is 15.6 Å². The van der Waals surface area contributed by atoms with E-state index in [9.17, 15) is 18.4 Å². The first-order chi connectivity index (χ1) is 13.5. The molecule has 0 spiro atoms. The molecular formula is C21H17F2N3O2. The van der Waals surface area contributed by atoms with Gasteiger partial charge in [0.05, 0.1) is 0 Å². The summed E-state index contributed by atoms with van der Waals surface area (Å²) in [5, 5.41) is 5.34. The van der Waals surface area contributed by atoms with Crippen molar-refractivity contribution in [1.82, 2.24) is 10.3 Å². The molecule has 0 bridgehead atoms. The Morgan fingerprint density at radius 3 is 2.18 bits per heavy atom. The zero-order valence-electron chi connectivity index (χ0n) is 14.8. The second kappa shape index (κ2) is 8.85. The molecule has 0 saturated carbocycles. The molecule has 0 atom stereocenters. The number of nitrogens with zero attached hydrogens (tertiary/aromatic N) is 1. The number of carbonyl (C=O) groups is 2. The number of hydrogen-bond donors (Lipinski definition) is 2. The molecule has 1 heterocycles. The molecule has 0 saturated heterocycles. The van der Waals surface area contributed by atoms with Crippen molar-refractivity contribution in [2.75, 3.05) is 11.9 Å². The molecule has 3 rings (SSSR count). The van der Waals surface area contributed by atoms with Gasteiger partial charge in [0.25, 0.3) is 11.8 Å². The number of benzene rings is 2. The maximum atomic E-state index is 12.9. The average Bonchev–Trinajstić information content (AvgIpc) is 2.71. The van der Waals surface area contributed by atoms with Gasteiger partial charge in [-0.05, 0) is 60.5 Å². The summed E-state index contributed by atoms with van der Waals surface area (Å²) < 4.78 is 25.8. The topological polar surface area (TPSA) is 71.1 Å². The molecule has 0 unspecified atom stereocenters. The normalized spacial score (nSPS) is 10.4. The number of amides is 2. The number of pyridine rings is 1. The van der Waals surface area contributed by atoms with E-state index in [1.165, 1.54) is 54.7 Å². The third kappa shape index (κ3) is 5.20. The average molecular weight is 381 g/mol. The standard InChI is InChI=1S/C21H17F2N3O2/c22-16-3-1-14(2-4-16)9-11-25-21(28)19-13-15(10-12-24-19)20(27)26-18-7-5-17(23)6-8-18/h1-8,10,12-13H,9,11H2,(H,25,28)(H,26,27). The molecule has 2 amide bonds. The maximum absolute atomic E-state index is 12.9. The van der Waals surface area contributed by atoms with E-state index in [0.29, 0.717) is 18.7 Å². The van der Waals surface area contributed by atoms with Gasteiger partial charge in [-0.25, -0.2) is 8.78 Å². The highest BCUT2D eigenvalue weighted by molar-refractivity contribution is 6.05. The van der Waals surface area contributed by atoms with E-state index in [4.69, 9.17) is 0 Å². The Labute approximate surface area is 160 Å². The van der Waals surface area contributed by atoms with Crippen LogP contribution in [-0.4, -0.2) is 23.3 Å². The smallest absolute Gasteiger partial charge is 0.269 e. The van der Waals surface area contributed by atoms with Gasteiger partial charge in [-0.1, -0.05) is 12.1 Å². The van der Waals surface area contributed by atoms with Gasteiger partial charge >= 0.3 is 0 Å². The Hall–Kier alpha value is -3.61. The summed E-state index contributed by atoms with van der Waals surface area (Å²) >= 11 is 0. The SMILES string of the molecule is O=C(Nc1ccc(F)cc1)c1ccnc(C(=O)NCCc2ccc(F)cc2)c1. The monoisotopic (exact) mass is 381 g/mol. The number of aromatic nitrogens is 1. The number of halogens is 2. The van der Waals surface area contributed by atoms with Gasteiger partial charge in [0.15, 0.2) is 0 Å². The summed E-state index contributed by atoms with van der Waals surface area (Å²) in [6, 6.07) is 14.3. The summed E-state index contributed by atoms with van der Waals surface area (Å²) in [5.74, 6) is -1.57. The summed E-state index contributed by atoms with van der Waals surface area (Å²) in [6.45, 7) is 0.345. The highest BCUT2D eigenvalue weighted by Crippen LogP contribution is 2.11. The summed E-state index contributed by atoms with van der Waals surface area (Å²) in [5.41, 5.74) is 1.68. The Bertz CT molecular complexity index is 974. The summed E-state index contributed by atoms with van der Waals surface area (Å²) in [6.07, 6.45) is 1.91. The van der Waals surface area contributed by atoms with Crippen molar-refractivity contribution >= 4 is 17.5 Å². The minimum Gasteiger partial charge on any atom is -0.350 e. The van der Waals surface area contributed by atoms with Crippen molar-refractivity contribution in [1.29, 1.82) is 0 Å². The van der Waals surface area contributed by atoms with Gasteiger partial charge in [-0.2, -0.15) is 0 Å². The first kappa shape index (κ1) is 19.2. The molecule has 0 fully saturated rings. The Morgan fingerprint density at radius 1 is 0.857 bits per heavy atom. The molecule has 2 N–H and O–H groups in total. The maximum Gasteiger partial charge on any atom is 0.269 e. The van der Waals surface area contributed by atoms with Crippen molar-refractivity contribution in [3.8, 4) is 0 Å². The van der Waals surface area contributed by atoms with Gasteiger partial charge in [-0.15, -0.1) is 0 Å². The van der Waals surface area contributed by atoms with Crippen LogP contribution in [0, 0.1) is 11.6 Å². The fourth-order valence-electron chi connectivity index (χ4n) is 2.49. The molecule has 0 aliphatic carbocycles. The van der Waals surface area contributed by atoms with Crippen molar-refractivity contribution in [3.05, 3.63) is 95.3 Å². The van der Waals surface area contributed by atoms with E-state index in [0.717, 1.165) is 5.56 Å². The zero-order chi connectivity index (χ0) is 19.9. The Balaban J connectivity index is 1.58. The Morgan fingerprint density at radius 2 is 1.50 bits per heavy atom. The number of anilines is 1. The third-order valence-electron chi connectivity index (χ3n) is 3.97. The number of nitrogens with one attached hydrogen (secondary N) is 2. The first-order valence-electron chi connectivity index (χ1n) is 8.57. The van der Waals surface area contributed by atoms with Crippen LogP contribution in [0.3, 0.4) is 0 Å². The third-order valence-corrected chi connectivity index (χ3v) is 3.97. The second-order valence-electron chi connectivity index (χ2n) is 6.02.